The smallest absolute Gasteiger partial charge is 0.220 e. The van der Waals surface area contributed by atoms with Gasteiger partial charge in [0.2, 0.25) is 5.91 Å². The van der Waals surface area contributed by atoms with Crippen LogP contribution in [0.3, 0.4) is 0 Å². The van der Waals surface area contributed by atoms with Crippen LogP contribution in [0, 0.1) is 0 Å². The summed E-state index contributed by atoms with van der Waals surface area (Å²) in [6, 6.07) is -0.733. The van der Waals surface area contributed by atoms with E-state index in [1.54, 1.807) is 0 Å². The average Bonchev–Trinajstić information content (AvgIpc) is 3.28. The summed E-state index contributed by atoms with van der Waals surface area (Å²) < 4.78 is 11.3. The second-order valence-electron chi connectivity index (χ2n) is 19.0. The maximum atomic E-state index is 13.0. The Bertz CT molecular complexity index is 1040. The number of aliphatic hydroxyl groups excluding tert-OH is 5. The zero-order valence-corrected chi connectivity index (χ0v) is 41.1. The number of carbonyl (C=O) groups is 1. The molecular weight excluding hydrogens is 791 g/mol. The molecule has 0 saturated carbocycles. The number of rotatable bonds is 46. The Morgan fingerprint density at radius 3 is 1.29 bits per heavy atom. The molecule has 1 saturated heterocycles. The summed E-state index contributed by atoms with van der Waals surface area (Å²) in [4.78, 5) is 13.0. The van der Waals surface area contributed by atoms with Crippen molar-refractivity contribution in [3.05, 3.63) is 24.3 Å². The van der Waals surface area contributed by atoms with Crippen molar-refractivity contribution in [2.24, 2.45) is 0 Å². The molecule has 63 heavy (non-hydrogen) atoms. The zero-order valence-electron chi connectivity index (χ0n) is 41.1. The molecule has 2 unspecified atom stereocenters. The van der Waals surface area contributed by atoms with Crippen molar-refractivity contribution in [3.63, 3.8) is 0 Å². The molecular formula is C54H103NO8. The van der Waals surface area contributed by atoms with E-state index in [9.17, 15) is 30.3 Å². The molecule has 7 atom stereocenters. The van der Waals surface area contributed by atoms with Crippen molar-refractivity contribution < 1.29 is 39.8 Å². The highest BCUT2D eigenvalue weighted by Gasteiger charge is 2.44. The molecule has 0 radical (unpaired) electrons. The van der Waals surface area contributed by atoms with Crippen molar-refractivity contribution in [1.29, 1.82) is 0 Å². The van der Waals surface area contributed by atoms with Crippen molar-refractivity contribution in [2.45, 2.75) is 301 Å². The molecule has 372 valence electrons. The molecule has 0 aromatic heterocycles. The molecule has 1 fully saturated rings. The number of hydrogen-bond acceptors (Lipinski definition) is 8. The first kappa shape index (κ1) is 59.7. The standard InChI is InChI=1S/C54H103NO8/c1-3-5-7-9-11-13-15-17-19-21-22-23-24-25-26-28-30-32-34-36-38-40-42-44-50(58)55-47(46-62-54-53(61)52(60)51(59)49(45-56)63-54)48(57)43-41-39-37-35-33-31-29-27-20-18-16-14-12-10-8-6-4-2/h17,19,33,35,47-49,51-54,56-57,59-61H,3-16,18,20-32,34,36-46H2,1-2H3,(H,55,58)/b19-17+,35-33+/t47-,48+,49-,51-,52?,53?,54-/m0/s1. The quantitative estimate of drug-likeness (QED) is 0.0261. The zero-order chi connectivity index (χ0) is 45.9. The van der Waals surface area contributed by atoms with E-state index in [0.29, 0.717) is 12.8 Å². The molecule has 0 aromatic carbocycles. The number of aliphatic hydroxyl groups is 5. The number of amides is 1. The number of allylic oxidation sites excluding steroid dienone is 4. The molecule has 0 aliphatic carbocycles. The van der Waals surface area contributed by atoms with Crippen LogP contribution in [-0.4, -0.2) is 87.5 Å². The fraction of sp³-hybridized carbons (Fsp3) is 0.907. The fourth-order valence-electron chi connectivity index (χ4n) is 8.68. The van der Waals surface area contributed by atoms with Crippen molar-refractivity contribution >= 4 is 5.91 Å². The molecule has 9 heteroatoms. The Kier molecular flexibility index (Phi) is 42.2. The second kappa shape index (κ2) is 44.5. The van der Waals surface area contributed by atoms with E-state index in [-0.39, 0.29) is 12.5 Å². The van der Waals surface area contributed by atoms with E-state index in [1.165, 1.54) is 186 Å². The predicted molar refractivity (Wildman–Crippen MR) is 263 cm³/mol. The topological polar surface area (TPSA) is 149 Å². The van der Waals surface area contributed by atoms with Gasteiger partial charge in [0.1, 0.15) is 24.4 Å². The maximum absolute atomic E-state index is 13.0. The van der Waals surface area contributed by atoms with Crippen LogP contribution in [0.25, 0.3) is 0 Å². The minimum atomic E-state index is -1.56. The Balaban J connectivity index is 2.24. The van der Waals surface area contributed by atoms with Crippen molar-refractivity contribution in [2.75, 3.05) is 13.2 Å². The number of carbonyl (C=O) groups excluding carboxylic acids is 1. The largest absolute Gasteiger partial charge is 0.394 e. The molecule has 0 aromatic rings. The van der Waals surface area contributed by atoms with Gasteiger partial charge in [-0.2, -0.15) is 0 Å². The molecule has 6 N–H and O–H groups in total. The molecule has 1 aliphatic rings. The van der Waals surface area contributed by atoms with Crippen LogP contribution in [0.1, 0.15) is 258 Å². The van der Waals surface area contributed by atoms with E-state index in [4.69, 9.17) is 9.47 Å². The third kappa shape index (κ3) is 34.6. The third-order valence-electron chi connectivity index (χ3n) is 13.0. The van der Waals surface area contributed by atoms with Gasteiger partial charge < -0.3 is 40.3 Å². The van der Waals surface area contributed by atoms with Gasteiger partial charge >= 0.3 is 0 Å². The molecule has 9 nitrogen and oxygen atoms in total. The predicted octanol–water partition coefficient (Wildman–Crippen LogP) is 12.6. The number of nitrogens with one attached hydrogen (secondary N) is 1. The Hall–Kier alpha value is -1.33. The van der Waals surface area contributed by atoms with E-state index < -0.39 is 49.5 Å². The van der Waals surface area contributed by atoms with E-state index >= 15 is 0 Å². The molecule has 0 bridgehead atoms. The van der Waals surface area contributed by atoms with Crippen molar-refractivity contribution in [1.82, 2.24) is 5.32 Å². The summed E-state index contributed by atoms with van der Waals surface area (Å²) in [7, 11) is 0. The number of unbranched alkanes of at least 4 members (excludes halogenated alkanes) is 32. The highest BCUT2D eigenvalue weighted by molar-refractivity contribution is 5.76. The maximum Gasteiger partial charge on any atom is 0.220 e. The van der Waals surface area contributed by atoms with Crippen LogP contribution in [-0.2, 0) is 14.3 Å². The van der Waals surface area contributed by atoms with Gasteiger partial charge in [-0.25, -0.2) is 0 Å². The first-order valence-corrected chi connectivity index (χ1v) is 27.0. The summed E-state index contributed by atoms with van der Waals surface area (Å²) in [5, 5.41) is 54.5. The van der Waals surface area contributed by atoms with Gasteiger partial charge in [-0.3, -0.25) is 4.79 Å². The molecule has 1 aliphatic heterocycles. The lowest BCUT2D eigenvalue weighted by atomic mass is 9.99. The Morgan fingerprint density at radius 2 is 0.889 bits per heavy atom. The van der Waals surface area contributed by atoms with Crippen LogP contribution in [0.5, 0.6) is 0 Å². The van der Waals surface area contributed by atoms with Crippen LogP contribution in [0.2, 0.25) is 0 Å². The summed E-state index contributed by atoms with van der Waals surface area (Å²) >= 11 is 0. The summed E-state index contributed by atoms with van der Waals surface area (Å²) in [6.45, 7) is 3.84. The third-order valence-corrected chi connectivity index (χ3v) is 13.0. The normalized spacial score (nSPS) is 20.3. The van der Waals surface area contributed by atoms with E-state index in [1.807, 2.05) is 0 Å². The van der Waals surface area contributed by atoms with Crippen LogP contribution >= 0.6 is 0 Å². The first-order valence-electron chi connectivity index (χ1n) is 27.0. The minimum Gasteiger partial charge on any atom is -0.394 e. The molecule has 1 amide bonds. The summed E-state index contributed by atoms with van der Waals surface area (Å²) in [6.07, 6.45) is 47.7. The lowest BCUT2D eigenvalue weighted by molar-refractivity contribution is -0.302. The highest BCUT2D eigenvalue weighted by Crippen LogP contribution is 2.23. The highest BCUT2D eigenvalue weighted by atomic mass is 16.7. The Morgan fingerprint density at radius 1 is 0.524 bits per heavy atom. The van der Waals surface area contributed by atoms with Crippen LogP contribution in [0.15, 0.2) is 24.3 Å². The monoisotopic (exact) mass is 894 g/mol. The summed E-state index contributed by atoms with van der Waals surface area (Å²) in [5.74, 6) is -0.151. The van der Waals surface area contributed by atoms with Gasteiger partial charge in [0.25, 0.3) is 0 Å². The van der Waals surface area contributed by atoms with E-state index in [2.05, 4.69) is 43.5 Å². The molecule has 1 rings (SSSR count). The minimum absolute atomic E-state index is 0.147. The van der Waals surface area contributed by atoms with Crippen LogP contribution < -0.4 is 5.32 Å². The van der Waals surface area contributed by atoms with Gasteiger partial charge in [0, 0.05) is 6.42 Å². The van der Waals surface area contributed by atoms with Gasteiger partial charge in [0.05, 0.1) is 25.4 Å². The lowest BCUT2D eigenvalue weighted by Crippen LogP contribution is -2.60. The Labute approximate surface area is 388 Å². The average molecular weight is 894 g/mol. The molecule has 0 spiro atoms. The lowest BCUT2D eigenvalue weighted by Gasteiger charge is -2.40. The number of ether oxygens (including phenoxy) is 2. The molecule has 1 heterocycles. The SMILES string of the molecule is CCCCCCCC/C=C/CCCCCCCCCCCCCCCC(=O)N[C@@H](CO[C@H]1O[C@@H](CO)[C@H](O)C(O)C1O)[C@H](O)CCCC/C=C/CCCCCCCCCCCCC. The first-order chi connectivity index (χ1) is 30.8. The summed E-state index contributed by atoms with van der Waals surface area (Å²) in [5.41, 5.74) is 0. The van der Waals surface area contributed by atoms with Gasteiger partial charge in [-0.05, 0) is 64.2 Å². The van der Waals surface area contributed by atoms with Crippen LogP contribution in [0.4, 0.5) is 0 Å². The number of hydrogen-bond donors (Lipinski definition) is 6. The fourth-order valence-corrected chi connectivity index (χ4v) is 8.68. The van der Waals surface area contributed by atoms with E-state index in [0.717, 1.165) is 44.9 Å². The van der Waals surface area contributed by atoms with Gasteiger partial charge in [-0.1, -0.05) is 212 Å². The van der Waals surface area contributed by atoms with Gasteiger partial charge in [0.15, 0.2) is 6.29 Å². The van der Waals surface area contributed by atoms with Crippen molar-refractivity contribution in [3.8, 4) is 0 Å². The van der Waals surface area contributed by atoms with Gasteiger partial charge in [-0.15, -0.1) is 0 Å². The second-order valence-corrected chi connectivity index (χ2v) is 19.0.